The second kappa shape index (κ2) is 7.80. The van der Waals surface area contributed by atoms with Crippen LogP contribution < -0.4 is 10.2 Å². The van der Waals surface area contributed by atoms with Gasteiger partial charge in [0.25, 0.3) is 0 Å². The lowest BCUT2D eigenvalue weighted by molar-refractivity contribution is 0.122. The van der Waals surface area contributed by atoms with Gasteiger partial charge in [0, 0.05) is 30.2 Å². The van der Waals surface area contributed by atoms with Gasteiger partial charge in [0.15, 0.2) is 5.82 Å². The summed E-state index contributed by atoms with van der Waals surface area (Å²) < 4.78 is 5.46. The number of hydrogen-bond donors (Lipinski definition) is 2. The molecule has 9 heteroatoms. The first kappa shape index (κ1) is 17.5. The van der Waals surface area contributed by atoms with E-state index in [0.29, 0.717) is 37.5 Å². The number of benzene rings is 1. The molecule has 0 amide bonds. The molecular formula is C20H20N8O. The summed E-state index contributed by atoms with van der Waals surface area (Å²) in [5, 5.41) is 11.4. The summed E-state index contributed by atoms with van der Waals surface area (Å²) in [6.07, 6.45) is 3.57. The van der Waals surface area contributed by atoms with Crippen molar-refractivity contribution in [3.05, 3.63) is 54.5 Å². The fraction of sp³-hybridized carbons (Fsp3) is 0.250. The molecule has 29 heavy (non-hydrogen) atoms. The zero-order valence-electron chi connectivity index (χ0n) is 15.7. The van der Waals surface area contributed by atoms with Crippen molar-refractivity contribution in [1.29, 1.82) is 0 Å². The first-order chi connectivity index (χ1) is 14.3. The normalized spacial score (nSPS) is 14.3. The Morgan fingerprint density at radius 2 is 2.00 bits per heavy atom. The number of nitrogens with one attached hydrogen (secondary N) is 2. The number of fused-ring (bicyclic) bond motifs is 1. The first-order valence-corrected chi connectivity index (χ1v) is 9.51. The van der Waals surface area contributed by atoms with Crippen molar-refractivity contribution in [2.45, 2.75) is 6.54 Å². The van der Waals surface area contributed by atoms with Crippen LogP contribution in [0.25, 0.3) is 22.3 Å². The smallest absolute Gasteiger partial charge is 0.230 e. The van der Waals surface area contributed by atoms with Crippen LogP contribution in [0.4, 0.5) is 11.9 Å². The number of rotatable bonds is 5. The van der Waals surface area contributed by atoms with Gasteiger partial charge in [0.1, 0.15) is 0 Å². The Bertz CT molecular complexity index is 1110. The monoisotopic (exact) mass is 388 g/mol. The molecule has 0 bridgehead atoms. The first-order valence-electron chi connectivity index (χ1n) is 9.51. The molecule has 0 spiro atoms. The van der Waals surface area contributed by atoms with Crippen molar-refractivity contribution in [2.24, 2.45) is 0 Å². The van der Waals surface area contributed by atoms with Gasteiger partial charge < -0.3 is 15.0 Å². The third-order valence-electron chi connectivity index (χ3n) is 4.77. The third-order valence-corrected chi connectivity index (χ3v) is 4.77. The Hall–Kier alpha value is -3.59. The van der Waals surface area contributed by atoms with Crippen molar-refractivity contribution in [3.63, 3.8) is 0 Å². The van der Waals surface area contributed by atoms with Crippen LogP contribution in [0.15, 0.2) is 48.8 Å². The molecule has 4 aromatic rings. The maximum atomic E-state index is 5.46. The molecule has 1 saturated heterocycles. The molecule has 1 aliphatic heterocycles. The maximum Gasteiger partial charge on any atom is 0.230 e. The number of ether oxygens (including phenoxy) is 1. The van der Waals surface area contributed by atoms with Crippen LogP contribution in [0.2, 0.25) is 0 Å². The Morgan fingerprint density at radius 3 is 2.86 bits per heavy atom. The minimum Gasteiger partial charge on any atom is -0.378 e. The summed E-state index contributed by atoms with van der Waals surface area (Å²) in [6, 6.07) is 11.8. The summed E-state index contributed by atoms with van der Waals surface area (Å²) >= 11 is 0. The van der Waals surface area contributed by atoms with Crippen molar-refractivity contribution < 1.29 is 4.74 Å². The number of pyridine rings is 1. The zero-order valence-corrected chi connectivity index (χ0v) is 15.7. The fourth-order valence-electron chi connectivity index (χ4n) is 3.23. The molecule has 0 atom stereocenters. The van der Waals surface area contributed by atoms with E-state index >= 15 is 0 Å². The molecule has 5 rings (SSSR count). The average molecular weight is 388 g/mol. The van der Waals surface area contributed by atoms with E-state index < -0.39 is 0 Å². The van der Waals surface area contributed by atoms with Crippen molar-refractivity contribution in [2.75, 3.05) is 36.5 Å². The predicted molar refractivity (Wildman–Crippen MR) is 110 cm³/mol. The Labute approximate surface area is 167 Å². The highest BCUT2D eigenvalue weighted by Gasteiger charge is 2.17. The minimum atomic E-state index is 0.520. The summed E-state index contributed by atoms with van der Waals surface area (Å²) in [5.41, 5.74) is 2.76. The van der Waals surface area contributed by atoms with Gasteiger partial charge in [-0.3, -0.25) is 10.1 Å². The van der Waals surface area contributed by atoms with E-state index in [-0.39, 0.29) is 0 Å². The second-order valence-electron chi connectivity index (χ2n) is 6.73. The molecule has 2 N–H and O–H groups in total. The van der Waals surface area contributed by atoms with Gasteiger partial charge in [-0.1, -0.05) is 18.2 Å². The Morgan fingerprint density at radius 1 is 1.07 bits per heavy atom. The van der Waals surface area contributed by atoms with E-state index in [1.165, 1.54) is 0 Å². The summed E-state index contributed by atoms with van der Waals surface area (Å²) in [5.74, 6) is 1.78. The van der Waals surface area contributed by atoms with Crippen molar-refractivity contribution in [1.82, 2.24) is 30.1 Å². The average Bonchev–Trinajstić information content (AvgIpc) is 3.27. The lowest BCUT2D eigenvalue weighted by Gasteiger charge is -2.27. The number of nitrogens with zero attached hydrogens (tertiary/aromatic N) is 6. The van der Waals surface area contributed by atoms with E-state index in [1.54, 1.807) is 12.4 Å². The van der Waals surface area contributed by atoms with Crippen LogP contribution in [0, 0.1) is 0 Å². The highest BCUT2D eigenvalue weighted by molar-refractivity contribution is 5.82. The molecule has 0 unspecified atom stereocenters. The predicted octanol–water partition coefficient (Wildman–Crippen LogP) is 2.26. The molecule has 0 aliphatic carbocycles. The molecule has 9 nitrogen and oxygen atoms in total. The number of anilines is 2. The molecule has 1 fully saturated rings. The van der Waals surface area contributed by atoms with Gasteiger partial charge in [-0.15, -0.1) is 0 Å². The molecule has 3 aromatic heterocycles. The standard InChI is InChI=1S/C20H20N8O/c1-2-6-21-16(3-1)13-22-19-24-18(14-4-5-15-12-23-27-17(15)11-14)25-20(26-19)28-7-9-29-10-8-28/h1-6,11-12H,7-10,13H2,(H,23,27)(H,22,24,25,26). The molecular weight excluding hydrogens is 368 g/mol. The number of morpholine rings is 1. The molecule has 4 heterocycles. The third kappa shape index (κ3) is 3.85. The quantitative estimate of drug-likeness (QED) is 0.536. The molecule has 1 aliphatic rings. The Kier molecular flexibility index (Phi) is 4.71. The van der Waals surface area contributed by atoms with Crippen LogP contribution in [0.3, 0.4) is 0 Å². The summed E-state index contributed by atoms with van der Waals surface area (Å²) in [4.78, 5) is 20.5. The summed E-state index contributed by atoms with van der Waals surface area (Å²) in [6.45, 7) is 3.37. The minimum absolute atomic E-state index is 0.520. The van der Waals surface area contributed by atoms with Crippen LogP contribution >= 0.6 is 0 Å². The number of hydrogen-bond acceptors (Lipinski definition) is 8. The van der Waals surface area contributed by atoms with Crippen LogP contribution in [-0.4, -0.2) is 56.4 Å². The van der Waals surface area contributed by atoms with Gasteiger partial charge >= 0.3 is 0 Å². The second-order valence-corrected chi connectivity index (χ2v) is 6.73. The van der Waals surface area contributed by atoms with E-state index in [1.807, 2.05) is 36.4 Å². The topological polar surface area (TPSA) is 105 Å². The van der Waals surface area contributed by atoms with Gasteiger partial charge in [0.2, 0.25) is 11.9 Å². The zero-order chi connectivity index (χ0) is 19.5. The van der Waals surface area contributed by atoms with E-state index in [4.69, 9.17) is 9.72 Å². The van der Waals surface area contributed by atoms with E-state index in [0.717, 1.165) is 35.2 Å². The van der Waals surface area contributed by atoms with Gasteiger partial charge in [-0.2, -0.15) is 20.1 Å². The molecule has 0 radical (unpaired) electrons. The lowest BCUT2D eigenvalue weighted by atomic mass is 10.1. The number of aromatic amines is 1. The largest absolute Gasteiger partial charge is 0.378 e. The summed E-state index contributed by atoms with van der Waals surface area (Å²) in [7, 11) is 0. The molecule has 0 saturated carbocycles. The lowest BCUT2D eigenvalue weighted by Crippen LogP contribution is -2.37. The van der Waals surface area contributed by atoms with Crippen LogP contribution in [0.5, 0.6) is 0 Å². The highest BCUT2D eigenvalue weighted by Crippen LogP contribution is 2.23. The fourth-order valence-corrected chi connectivity index (χ4v) is 3.23. The van der Waals surface area contributed by atoms with E-state index in [2.05, 4.69) is 35.4 Å². The Balaban J connectivity index is 1.50. The van der Waals surface area contributed by atoms with Gasteiger partial charge in [-0.05, 0) is 18.2 Å². The SMILES string of the molecule is c1ccc(CNc2nc(-c3ccc4cn[nH]c4c3)nc(N3CCOCC3)n2)nc1. The van der Waals surface area contributed by atoms with Crippen molar-refractivity contribution in [3.8, 4) is 11.4 Å². The highest BCUT2D eigenvalue weighted by atomic mass is 16.5. The van der Waals surface area contributed by atoms with Gasteiger partial charge in [0.05, 0.1) is 37.2 Å². The van der Waals surface area contributed by atoms with E-state index in [9.17, 15) is 0 Å². The van der Waals surface area contributed by atoms with Gasteiger partial charge in [-0.25, -0.2) is 0 Å². The maximum absolute atomic E-state index is 5.46. The number of H-pyrrole nitrogens is 1. The van der Waals surface area contributed by atoms with Crippen LogP contribution in [-0.2, 0) is 11.3 Å². The van der Waals surface area contributed by atoms with Crippen molar-refractivity contribution >= 4 is 22.8 Å². The molecule has 1 aromatic carbocycles. The number of aromatic nitrogens is 6. The van der Waals surface area contributed by atoms with Crippen LogP contribution in [0.1, 0.15) is 5.69 Å². The molecule has 146 valence electrons.